The number of anilines is 1. The Labute approximate surface area is 260 Å². The molecule has 0 aliphatic carbocycles. The smallest absolute Gasteiger partial charge is 0.264 e. The minimum atomic E-state index is -1.33. The van der Waals surface area contributed by atoms with Crippen molar-refractivity contribution in [3.8, 4) is 0 Å². The van der Waals surface area contributed by atoms with Crippen LogP contribution in [0.25, 0.3) is 0 Å². The van der Waals surface area contributed by atoms with Crippen LogP contribution in [0.4, 0.5) is 5.69 Å². The highest BCUT2D eigenvalue weighted by Crippen LogP contribution is 2.58. The summed E-state index contributed by atoms with van der Waals surface area (Å²) in [5.41, 5.74) is 2.25. The number of carbonyl (C=O) groups is 2. The highest BCUT2D eigenvalue weighted by atomic mass is 127. The van der Waals surface area contributed by atoms with Crippen LogP contribution in [0.2, 0.25) is 0 Å². The molecule has 1 saturated heterocycles. The summed E-state index contributed by atoms with van der Waals surface area (Å²) in [4.78, 5) is 32.0. The number of carbonyl (C=O) groups excluding carboxylic acids is 2. The molecule has 0 saturated carbocycles. The Bertz CT molecular complexity index is 1510. The minimum absolute atomic E-state index is 0.00460. The molecular weight excluding hydrogens is 643 g/mol. The van der Waals surface area contributed by atoms with Crippen molar-refractivity contribution in [2.45, 2.75) is 70.1 Å². The van der Waals surface area contributed by atoms with Gasteiger partial charge in [0.15, 0.2) is 5.60 Å². The van der Waals surface area contributed by atoms with Crippen molar-refractivity contribution in [1.82, 2.24) is 4.90 Å². The quantitative estimate of drug-likeness (QED) is 0.366. The molecule has 3 heterocycles. The Kier molecular flexibility index (Phi) is 7.70. The van der Waals surface area contributed by atoms with E-state index in [9.17, 15) is 19.8 Å². The first-order valence-corrected chi connectivity index (χ1v) is 15.7. The fourth-order valence-corrected chi connectivity index (χ4v) is 8.00. The number of benzene rings is 3. The fraction of sp³-hybridized carbons (Fsp3) is 0.412. The molecule has 3 aromatic carbocycles. The van der Waals surface area contributed by atoms with E-state index < -0.39 is 29.1 Å². The van der Waals surface area contributed by atoms with Gasteiger partial charge in [0, 0.05) is 27.5 Å². The van der Waals surface area contributed by atoms with Gasteiger partial charge in [-0.25, -0.2) is 0 Å². The predicted octanol–water partition coefficient (Wildman–Crippen LogP) is 4.79. The fourth-order valence-electron chi connectivity index (χ4n) is 7.50. The maximum absolute atomic E-state index is 14.5. The Balaban J connectivity index is 1.36. The number of rotatable bonds is 6. The van der Waals surface area contributed by atoms with Crippen molar-refractivity contribution in [2.75, 3.05) is 11.5 Å². The van der Waals surface area contributed by atoms with Gasteiger partial charge in [0.2, 0.25) is 5.91 Å². The Morgan fingerprint density at radius 1 is 1.07 bits per heavy atom. The molecule has 1 spiro atoms. The summed E-state index contributed by atoms with van der Waals surface area (Å²) in [5, 5.41) is 21.7. The summed E-state index contributed by atoms with van der Waals surface area (Å²) < 4.78 is 7.84. The van der Waals surface area contributed by atoms with Gasteiger partial charge < -0.3 is 24.7 Å². The van der Waals surface area contributed by atoms with E-state index in [0.717, 1.165) is 31.5 Å². The lowest BCUT2D eigenvalue weighted by molar-refractivity contribution is -0.151. The van der Waals surface area contributed by atoms with Crippen LogP contribution in [0.15, 0.2) is 72.8 Å². The molecule has 8 heteroatoms. The van der Waals surface area contributed by atoms with Crippen LogP contribution in [-0.4, -0.2) is 51.3 Å². The van der Waals surface area contributed by atoms with Gasteiger partial charge in [-0.1, -0.05) is 61.5 Å². The largest absolute Gasteiger partial charge is 0.394 e. The van der Waals surface area contributed by atoms with Crippen LogP contribution < -0.4 is 4.90 Å². The molecular formula is C34H37IN2O5. The lowest BCUT2D eigenvalue weighted by atomic mass is 9.70. The lowest BCUT2D eigenvalue weighted by Crippen LogP contribution is -2.48. The van der Waals surface area contributed by atoms with Crippen molar-refractivity contribution < 1.29 is 24.5 Å². The molecule has 7 nitrogen and oxygen atoms in total. The van der Waals surface area contributed by atoms with Crippen LogP contribution in [0.5, 0.6) is 0 Å². The molecule has 3 aliphatic rings. The third kappa shape index (κ3) is 4.86. The average Bonchev–Trinajstić information content (AvgIpc) is 3.39. The van der Waals surface area contributed by atoms with E-state index in [4.69, 9.17) is 4.74 Å². The summed E-state index contributed by atoms with van der Waals surface area (Å²) in [6.45, 7) is 6.10. The highest BCUT2D eigenvalue weighted by Gasteiger charge is 2.66. The molecule has 3 aliphatic heterocycles. The number of hydrogen-bond acceptors (Lipinski definition) is 5. The second-order valence-electron chi connectivity index (χ2n) is 12.4. The van der Waals surface area contributed by atoms with Gasteiger partial charge in [0.1, 0.15) is 0 Å². The molecule has 2 amide bonds. The SMILES string of the molecule is C[C@H]1[C@H](C(C)(C)O)[C@@H](CC(=O)N2Cc3ccccc3C[C@H]2CO)O[C@]12C(=O)N(Cc1ccccc1)c1ccc(I)cc12. The zero-order chi connectivity index (χ0) is 29.8. The molecule has 220 valence electrons. The van der Waals surface area contributed by atoms with E-state index >= 15 is 0 Å². The first-order valence-electron chi connectivity index (χ1n) is 14.6. The van der Waals surface area contributed by atoms with Gasteiger partial charge >= 0.3 is 0 Å². The molecule has 2 N–H and O–H groups in total. The molecule has 0 unspecified atom stereocenters. The Hall–Kier alpha value is -2.79. The molecule has 3 aromatic rings. The zero-order valence-corrected chi connectivity index (χ0v) is 26.3. The van der Waals surface area contributed by atoms with E-state index in [1.807, 2.05) is 79.7 Å². The maximum atomic E-state index is 14.5. The van der Waals surface area contributed by atoms with Crippen LogP contribution in [0, 0.1) is 15.4 Å². The van der Waals surface area contributed by atoms with Gasteiger partial charge in [0.05, 0.1) is 43.0 Å². The Morgan fingerprint density at radius 2 is 1.76 bits per heavy atom. The van der Waals surface area contributed by atoms with Gasteiger partial charge in [-0.15, -0.1) is 0 Å². The summed E-state index contributed by atoms with van der Waals surface area (Å²) in [6, 6.07) is 23.5. The van der Waals surface area contributed by atoms with E-state index in [0.29, 0.717) is 19.5 Å². The van der Waals surface area contributed by atoms with Crippen molar-refractivity contribution in [3.05, 3.63) is 98.6 Å². The molecule has 0 radical (unpaired) electrons. The second kappa shape index (κ2) is 11.0. The van der Waals surface area contributed by atoms with Crippen molar-refractivity contribution in [1.29, 1.82) is 0 Å². The van der Waals surface area contributed by atoms with Crippen molar-refractivity contribution >= 4 is 40.1 Å². The summed E-state index contributed by atoms with van der Waals surface area (Å²) in [7, 11) is 0. The first kappa shape index (κ1) is 29.3. The van der Waals surface area contributed by atoms with Gasteiger partial charge in [-0.3, -0.25) is 9.59 Å². The van der Waals surface area contributed by atoms with Crippen molar-refractivity contribution in [3.63, 3.8) is 0 Å². The van der Waals surface area contributed by atoms with Gasteiger partial charge in [0.25, 0.3) is 5.91 Å². The number of amides is 2. The van der Waals surface area contributed by atoms with Crippen LogP contribution in [0.1, 0.15) is 49.4 Å². The van der Waals surface area contributed by atoms with Crippen LogP contribution >= 0.6 is 22.6 Å². The van der Waals surface area contributed by atoms with E-state index in [-0.39, 0.29) is 30.9 Å². The normalized spacial score (nSPS) is 27.0. The lowest BCUT2D eigenvalue weighted by Gasteiger charge is -2.38. The van der Waals surface area contributed by atoms with Gasteiger partial charge in [-0.05, 0) is 77.7 Å². The summed E-state index contributed by atoms with van der Waals surface area (Å²) in [6.07, 6.45) is -0.113. The Morgan fingerprint density at radius 3 is 2.45 bits per heavy atom. The standard InChI is InChI=1S/C34H37IN2O5/c1-21-31(33(2,3)41)29(17-30(39)36-19-24-12-8-7-11-23(24)15-26(36)20-38)42-34(21)27-16-25(35)13-14-28(27)37(32(34)40)18-22-9-5-4-6-10-22/h4-14,16,21,26,29,31,38,41H,15,17-20H2,1-3H3/t21-,26-,29+,31-,34+/m0/s1. The molecule has 42 heavy (non-hydrogen) atoms. The molecule has 5 atom stereocenters. The number of fused-ring (bicyclic) bond motifs is 3. The van der Waals surface area contributed by atoms with Gasteiger partial charge in [-0.2, -0.15) is 0 Å². The maximum Gasteiger partial charge on any atom is 0.264 e. The van der Waals surface area contributed by atoms with Crippen LogP contribution in [-0.2, 0) is 39.4 Å². The summed E-state index contributed by atoms with van der Waals surface area (Å²) >= 11 is 2.25. The predicted molar refractivity (Wildman–Crippen MR) is 168 cm³/mol. The third-order valence-electron chi connectivity index (χ3n) is 9.39. The number of hydrogen-bond donors (Lipinski definition) is 2. The van der Waals surface area contributed by atoms with E-state index in [1.165, 1.54) is 0 Å². The number of aliphatic hydroxyl groups excluding tert-OH is 1. The average molecular weight is 681 g/mol. The summed E-state index contributed by atoms with van der Waals surface area (Å²) in [5.74, 6) is -1.21. The molecule has 6 rings (SSSR count). The second-order valence-corrected chi connectivity index (χ2v) is 13.7. The highest BCUT2D eigenvalue weighted by molar-refractivity contribution is 14.1. The number of halogens is 1. The third-order valence-corrected chi connectivity index (χ3v) is 10.1. The first-order chi connectivity index (χ1) is 20.0. The number of aliphatic hydroxyl groups is 2. The zero-order valence-electron chi connectivity index (χ0n) is 24.2. The van der Waals surface area contributed by atoms with Crippen molar-refractivity contribution in [2.24, 2.45) is 11.8 Å². The van der Waals surface area contributed by atoms with E-state index in [1.54, 1.807) is 23.6 Å². The molecule has 0 bridgehead atoms. The topological polar surface area (TPSA) is 90.3 Å². The number of nitrogens with zero attached hydrogens (tertiary/aromatic N) is 2. The van der Waals surface area contributed by atoms with Crippen LogP contribution in [0.3, 0.4) is 0 Å². The number of ether oxygens (including phenoxy) is 1. The monoisotopic (exact) mass is 680 g/mol. The molecule has 0 aromatic heterocycles. The van der Waals surface area contributed by atoms with E-state index in [2.05, 4.69) is 22.6 Å². The minimum Gasteiger partial charge on any atom is -0.394 e. The molecule has 1 fully saturated rings.